The van der Waals surface area contributed by atoms with Crippen molar-refractivity contribution in [1.29, 1.82) is 0 Å². The highest BCUT2D eigenvalue weighted by Gasteiger charge is 2.07. The van der Waals surface area contributed by atoms with E-state index in [0.717, 1.165) is 12.0 Å². The molecule has 5 nitrogen and oxygen atoms in total. The van der Waals surface area contributed by atoms with Gasteiger partial charge in [-0.1, -0.05) is 24.6 Å². The SMILES string of the molecule is CCCC(=O)Nc1cccc(NC(=O)COc2ccc(Cl)cc2C)c1. The molecule has 2 rings (SSSR count). The number of hydrogen-bond acceptors (Lipinski definition) is 3. The number of aryl methyl sites for hydroxylation is 1. The molecular weight excluding hydrogens is 340 g/mol. The molecule has 0 spiro atoms. The number of amides is 2. The van der Waals surface area contributed by atoms with Gasteiger partial charge in [0.15, 0.2) is 6.61 Å². The molecule has 0 radical (unpaired) electrons. The maximum Gasteiger partial charge on any atom is 0.262 e. The zero-order chi connectivity index (χ0) is 18.2. The van der Waals surface area contributed by atoms with Gasteiger partial charge in [-0.3, -0.25) is 9.59 Å². The first-order valence-electron chi connectivity index (χ1n) is 8.06. The van der Waals surface area contributed by atoms with Crippen LogP contribution >= 0.6 is 11.6 Å². The van der Waals surface area contributed by atoms with Crippen LogP contribution in [-0.2, 0) is 9.59 Å². The predicted octanol–water partition coefficient (Wildman–Crippen LogP) is 4.40. The van der Waals surface area contributed by atoms with Gasteiger partial charge in [0.2, 0.25) is 5.91 Å². The second-order valence-electron chi connectivity index (χ2n) is 5.63. The highest BCUT2D eigenvalue weighted by molar-refractivity contribution is 6.30. The van der Waals surface area contributed by atoms with Gasteiger partial charge in [0, 0.05) is 22.8 Å². The summed E-state index contributed by atoms with van der Waals surface area (Å²) in [7, 11) is 0. The van der Waals surface area contributed by atoms with E-state index in [-0.39, 0.29) is 18.4 Å². The second-order valence-corrected chi connectivity index (χ2v) is 6.06. The summed E-state index contributed by atoms with van der Waals surface area (Å²) in [6, 6.07) is 12.2. The normalized spacial score (nSPS) is 10.2. The lowest BCUT2D eigenvalue weighted by molar-refractivity contribution is -0.118. The van der Waals surface area contributed by atoms with E-state index in [1.165, 1.54) is 0 Å². The van der Waals surface area contributed by atoms with Crippen LogP contribution in [0.25, 0.3) is 0 Å². The lowest BCUT2D eigenvalue weighted by Crippen LogP contribution is -2.20. The fraction of sp³-hybridized carbons (Fsp3) is 0.263. The Hall–Kier alpha value is -2.53. The molecule has 0 saturated heterocycles. The maximum absolute atomic E-state index is 12.1. The molecular formula is C19H21ClN2O3. The fourth-order valence-electron chi connectivity index (χ4n) is 2.24. The van der Waals surface area contributed by atoms with Crippen LogP contribution < -0.4 is 15.4 Å². The number of benzene rings is 2. The number of halogens is 1. The number of ether oxygens (including phenoxy) is 1. The summed E-state index contributed by atoms with van der Waals surface area (Å²) >= 11 is 5.89. The van der Waals surface area contributed by atoms with Crippen LogP contribution in [0.2, 0.25) is 5.02 Å². The molecule has 0 heterocycles. The predicted molar refractivity (Wildman–Crippen MR) is 100 cm³/mol. The molecule has 0 aromatic heterocycles. The third kappa shape index (κ3) is 6.12. The Kier molecular flexibility index (Phi) is 6.83. The van der Waals surface area contributed by atoms with Crippen molar-refractivity contribution in [3.63, 3.8) is 0 Å². The van der Waals surface area contributed by atoms with Gasteiger partial charge >= 0.3 is 0 Å². The van der Waals surface area contributed by atoms with Crippen molar-refractivity contribution < 1.29 is 14.3 Å². The first-order chi connectivity index (χ1) is 12.0. The monoisotopic (exact) mass is 360 g/mol. The van der Waals surface area contributed by atoms with Gasteiger partial charge in [0.1, 0.15) is 5.75 Å². The van der Waals surface area contributed by atoms with Crippen molar-refractivity contribution >= 4 is 34.8 Å². The van der Waals surface area contributed by atoms with Crippen molar-refractivity contribution in [1.82, 2.24) is 0 Å². The van der Waals surface area contributed by atoms with E-state index in [1.807, 2.05) is 13.8 Å². The summed E-state index contributed by atoms with van der Waals surface area (Å²) in [4.78, 5) is 23.7. The number of hydrogen-bond donors (Lipinski definition) is 2. The summed E-state index contributed by atoms with van der Waals surface area (Å²) < 4.78 is 5.51. The first-order valence-corrected chi connectivity index (χ1v) is 8.44. The topological polar surface area (TPSA) is 67.4 Å². The molecule has 0 aliphatic carbocycles. The zero-order valence-corrected chi connectivity index (χ0v) is 15.0. The summed E-state index contributed by atoms with van der Waals surface area (Å²) in [5.41, 5.74) is 2.10. The van der Waals surface area contributed by atoms with Crippen LogP contribution in [0.1, 0.15) is 25.3 Å². The fourth-order valence-corrected chi connectivity index (χ4v) is 2.47. The average Bonchev–Trinajstić information content (AvgIpc) is 2.54. The van der Waals surface area contributed by atoms with Crippen molar-refractivity contribution in [2.24, 2.45) is 0 Å². The number of nitrogens with one attached hydrogen (secondary N) is 2. The Labute approximate surface area is 152 Å². The van der Waals surface area contributed by atoms with Gasteiger partial charge in [-0.05, 0) is 55.3 Å². The molecule has 2 N–H and O–H groups in total. The maximum atomic E-state index is 12.1. The Morgan fingerprint density at radius 2 is 1.72 bits per heavy atom. The van der Waals surface area contributed by atoms with Crippen LogP contribution in [0, 0.1) is 6.92 Å². The molecule has 6 heteroatoms. The number of rotatable bonds is 7. The Morgan fingerprint density at radius 3 is 2.36 bits per heavy atom. The minimum absolute atomic E-state index is 0.0486. The standard InChI is InChI=1S/C19H21ClN2O3/c1-3-5-18(23)21-15-6-4-7-16(11-15)22-19(24)12-25-17-9-8-14(20)10-13(17)2/h4,6-11H,3,5,12H2,1-2H3,(H,21,23)(H,22,24). The highest BCUT2D eigenvalue weighted by atomic mass is 35.5. The smallest absolute Gasteiger partial charge is 0.262 e. The lowest BCUT2D eigenvalue weighted by atomic mass is 10.2. The molecule has 2 aromatic carbocycles. The molecule has 132 valence electrons. The van der Waals surface area contributed by atoms with E-state index in [2.05, 4.69) is 10.6 Å². The van der Waals surface area contributed by atoms with E-state index in [1.54, 1.807) is 42.5 Å². The molecule has 0 aliphatic rings. The lowest BCUT2D eigenvalue weighted by Gasteiger charge is -2.11. The van der Waals surface area contributed by atoms with Crippen LogP contribution in [-0.4, -0.2) is 18.4 Å². The number of carbonyl (C=O) groups is 2. The van der Waals surface area contributed by atoms with Crippen LogP contribution in [0.5, 0.6) is 5.75 Å². The third-order valence-electron chi connectivity index (χ3n) is 3.40. The van der Waals surface area contributed by atoms with Gasteiger partial charge in [0.05, 0.1) is 0 Å². The summed E-state index contributed by atoms with van der Waals surface area (Å²) in [5.74, 6) is 0.277. The van der Waals surface area contributed by atoms with Crippen LogP contribution in [0.15, 0.2) is 42.5 Å². The van der Waals surface area contributed by atoms with E-state index in [0.29, 0.717) is 28.6 Å². The van der Waals surface area contributed by atoms with Gasteiger partial charge in [-0.25, -0.2) is 0 Å². The van der Waals surface area contributed by atoms with E-state index >= 15 is 0 Å². The van der Waals surface area contributed by atoms with Crippen molar-refractivity contribution in [2.75, 3.05) is 17.2 Å². The van der Waals surface area contributed by atoms with Gasteiger partial charge in [-0.15, -0.1) is 0 Å². The van der Waals surface area contributed by atoms with Gasteiger partial charge in [-0.2, -0.15) is 0 Å². The second kappa shape index (κ2) is 9.08. The summed E-state index contributed by atoms with van der Waals surface area (Å²) in [5, 5.41) is 6.16. The Morgan fingerprint density at radius 1 is 1.04 bits per heavy atom. The molecule has 2 amide bonds. The van der Waals surface area contributed by atoms with Gasteiger partial charge < -0.3 is 15.4 Å². The minimum Gasteiger partial charge on any atom is -0.483 e. The molecule has 0 bridgehead atoms. The molecule has 2 aromatic rings. The largest absolute Gasteiger partial charge is 0.483 e. The van der Waals surface area contributed by atoms with Gasteiger partial charge in [0.25, 0.3) is 5.91 Å². The van der Waals surface area contributed by atoms with E-state index in [9.17, 15) is 9.59 Å². The Bertz CT molecular complexity index is 762. The number of carbonyl (C=O) groups excluding carboxylic acids is 2. The van der Waals surface area contributed by atoms with E-state index < -0.39 is 0 Å². The highest BCUT2D eigenvalue weighted by Crippen LogP contribution is 2.22. The average molecular weight is 361 g/mol. The van der Waals surface area contributed by atoms with Crippen molar-refractivity contribution in [3.05, 3.63) is 53.1 Å². The number of anilines is 2. The van der Waals surface area contributed by atoms with Crippen LogP contribution in [0.3, 0.4) is 0 Å². The molecule has 0 aliphatic heterocycles. The zero-order valence-electron chi connectivity index (χ0n) is 14.3. The van der Waals surface area contributed by atoms with Crippen LogP contribution in [0.4, 0.5) is 11.4 Å². The first kappa shape index (κ1) is 18.8. The molecule has 0 fully saturated rings. The molecule has 0 atom stereocenters. The molecule has 25 heavy (non-hydrogen) atoms. The minimum atomic E-state index is -0.286. The quantitative estimate of drug-likeness (QED) is 0.768. The summed E-state index contributed by atoms with van der Waals surface area (Å²) in [6.07, 6.45) is 1.24. The molecule has 0 unspecified atom stereocenters. The van der Waals surface area contributed by atoms with Crippen molar-refractivity contribution in [3.8, 4) is 5.75 Å². The van der Waals surface area contributed by atoms with E-state index in [4.69, 9.17) is 16.3 Å². The third-order valence-corrected chi connectivity index (χ3v) is 3.64. The summed E-state index contributed by atoms with van der Waals surface area (Å²) in [6.45, 7) is 3.69. The Balaban J connectivity index is 1.90. The molecule has 0 saturated carbocycles. The van der Waals surface area contributed by atoms with Crippen molar-refractivity contribution in [2.45, 2.75) is 26.7 Å².